The molecular formula is C17H20BrN3O. The molecule has 2 rings (SSSR count). The third-order valence-corrected chi connectivity index (χ3v) is 3.74. The third-order valence-electron chi connectivity index (χ3n) is 3.21. The van der Waals surface area contributed by atoms with E-state index in [1.807, 2.05) is 30.3 Å². The SMILES string of the molecule is CCCCCNC(=O)c1ccc(Nc2ccc(Br)cc2)nc1. The first-order valence-electron chi connectivity index (χ1n) is 7.46. The first kappa shape index (κ1) is 16.5. The van der Waals surface area contributed by atoms with Crippen LogP contribution in [-0.4, -0.2) is 17.4 Å². The van der Waals surface area contributed by atoms with E-state index in [1.165, 1.54) is 0 Å². The summed E-state index contributed by atoms with van der Waals surface area (Å²) in [6.45, 7) is 2.86. The Kier molecular flexibility index (Phi) is 6.40. The summed E-state index contributed by atoms with van der Waals surface area (Å²) in [5.41, 5.74) is 1.53. The van der Waals surface area contributed by atoms with Crippen LogP contribution in [0.3, 0.4) is 0 Å². The fraction of sp³-hybridized carbons (Fsp3) is 0.294. The Balaban J connectivity index is 1.89. The Morgan fingerprint density at radius 2 is 1.91 bits per heavy atom. The zero-order valence-corrected chi connectivity index (χ0v) is 14.2. The van der Waals surface area contributed by atoms with Gasteiger partial charge in [-0.15, -0.1) is 0 Å². The quantitative estimate of drug-likeness (QED) is 0.713. The first-order chi connectivity index (χ1) is 10.7. The van der Waals surface area contributed by atoms with E-state index in [0.29, 0.717) is 17.9 Å². The molecule has 22 heavy (non-hydrogen) atoms. The summed E-state index contributed by atoms with van der Waals surface area (Å²) < 4.78 is 1.03. The number of hydrogen-bond acceptors (Lipinski definition) is 3. The number of amides is 1. The maximum absolute atomic E-state index is 11.9. The molecule has 0 atom stereocenters. The number of hydrogen-bond donors (Lipinski definition) is 2. The van der Waals surface area contributed by atoms with E-state index in [1.54, 1.807) is 12.3 Å². The molecule has 2 aromatic rings. The third kappa shape index (κ3) is 5.15. The lowest BCUT2D eigenvalue weighted by atomic mass is 10.2. The smallest absolute Gasteiger partial charge is 0.252 e. The Morgan fingerprint density at radius 3 is 2.55 bits per heavy atom. The molecule has 2 N–H and O–H groups in total. The highest BCUT2D eigenvalue weighted by molar-refractivity contribution is 9.10. The van der Waals surface area contributed by atoms with E-state index >= 15 is 0 Å². The fourth-order valence-corrected chi connectivity index (χ4v) is 2.23. The predicted octanol–water partition coefficient (Wildman–Crippen LogP) is 4.51. The van der Waals surface area contributed by atoms with Crippen molar-refractivity contribution in [3.8, 4) is 0 Å². The maximum Gasteiger partial charge on any atom is 0.252 e. The Labute approximate surface area is 139 Å². The van der Waals surface area contributed by atoms with Gasteiger partial charge < -0.3 is 10.6 Å². The molecule has 1 aromatic heterocycles. The molecule has 1 amide bonds. The number of nitrogens with zero attached hydrogens (tertiary/aromatic N) is 1. The van der Waals surface area contributed by atoms with Gasteiger partial charge in [0, 0.05) is 22.9 Å². The van der Waals surface area contributed by atoms with Crippen LogP contribution in [0.2, 0.25) is 0 Å². The van der Waals surface area contributed by atoms with Gasteiger partial charge >= 0.3 is 0 Å². The van der Waals surface area contributed by atoms with Crippen LogP contribution in [0.1, 0.15) is 36.5 Å². The van der Waals surface area contributed by atoms with E-state index in [-0.39, 0.29) is 5.91 Å². The van der Waals surface area contributed by atoms with Crippen molar-refractivity contribution in [2.45, 2.75) is 26.2 Å². The maximum atomic E-state index is 11.9. The standard InChI is InChI=1S/C17H20BrN3O/c1-2-3-4-11-19-17(22)13-5-10-16(20-12-13)21-15-8-6-14(18)7-9-15/h5-10,12H,2-4,11H2,1H3,(H,19,22)(H,20,21). The molecule has 0 saturated heterocycles. The number of carbonyl (C=O) groups excluding carboxylic acids is 1. The lowest BCUT2D eigenvalue weighted by Gasteiger charge is -2.07. The van der Waals surface area contributed by atoms with Crippen molar-refractivity contribution < 1.29 is 4.79 Å². The summed E-state index contributed by atoms with van der Waals surface area (Å²) >= 11 is 3.40. The minimum Gasteiger partial charge on any atom is -0.352 e. The second-order valence-corrected chi connectivity index (χ2v) is 5.94. The van der Waals surface area contributed by atoms with Gasteiger partial charge in [-0.3, -0.25) is 4.79 Å². The van der Waals surface area contributed by atoms with Crippen LogP contribution < -0.4 is 10.6 Å². The van der Waals surface area contributed by atoms with Gasteiger partial charge in [0.2, 0.25) is 0 Å². The van der Waals surface area contributed by atoms with Crippen LogP contribution in [-0.2, 0) is 0 Å². The molecular weight excluding hydrogens is 342 g/mol. The molecule has 0 bridgehead atoms. The number of aromatic nitrogens is 1. The second kappa shape index (κ2) is 8.54. The zero-order valence-electron chi connectivity index (χ0n) is 12.6. The van der Waals surface area contributed by atoms with Gasteiger partial charge in [-0.1, -0.05) is 35.7 Å². The van der Waals surface area contributed by atoms with Crippen LogP contribution in [0.15, 0.2) is 47.1 Å². The first-order valence-corrected chi connectivity index (χ1v) is 8.25. The molecule has 0 saturated carbocycles. The molecule has 116 valence electrons. The van der Waals surface area contributed by atoms with Gasteiger partial charge in [-0.2, -0.15) is 0 Å². The monoisotopic (exact) mass is 361 g/mol. The molecule has 5 heteroatoms. The summed E-state index contributed by atoms with van der Waals surface area (Å²) in [5, 5.41) is 6.10. The summed E-state index contributed by atoms with van der Waals surface area (Å²) in [5.74, 6) is 0.642. The lowest BCUT2D eigenvalue weighted by molar-refractivity contribution is 0.0952. The van der Waals surface area contributed by atoms with E-state index in [2.05, 4.69) is 38.5 Å². The normalized spacial score (nSPS) is 10.3. The summed E-state index contributed by atoms with van der Waals surface area (Å²) in [6, 6.07) is 11.4. The molecule has 0 aliphatic rings. The Morgan fingerprint density at radius 1 is 1.14 bits per heavy atom. The number of unbranched alkanes of at least 4 members (excludes halogenated alkanes) is 2. The van der Waals surface area contributed by atoms with Crippen LogP contribution in [0.4, 0.5) is 11.5 Å². The van der Waals surface area contributed by atoms with Crippen LogP contribution >= 0.6 is 15.9 Å². The summed E-state index contributed by atoms with van der Waals surface area (Å²) in [7, 11) is 0. The predicted molar refractivity (Wildman–Crippen MR) is 93.5 cm³/mol. The molecule has 0 unspecified atom stereocenters. The number of rotatable bonds is 7. The molecule has 0 aliphatic carbocycles. The highest BCUT2D eigenvalue weighted by Crippen LogP contribution is 2.18. The fourth-order valence-electron chi connectivity index (χ4n) is 1.96. The minimum absolute atomic E-state index is 0.0706. The van der Waals surface area contributed by atoms with E-state index in [9.17, 15) is 4.79 Å². The molecule has 1 heterocycles. The van der Waals surface area contributed by atoms with Crippen molar-refractivity contribution >= 4 is 33.3 Å². The molecule has 1 aromatic carbocycles. The van der Waals surface area contributed by atoms with Crippen molar-refractivity contribution in [3.05, 3.63) is 52.6 Å². The van der Waals surface area contributed by atoms with Gasteiger partial charge in [0.1, 0.15) is 5.82 Å². The average Bonchev–Trinajstić information content (AvgIpc) is 2.54. The van der Waals surface area contributed by atoms with E-state index < -0.39 is 0 Å². The van der Waals surface area contributed by atoms with Crippen molar-refractivity contribution in [2.24, 2.45) is 0 Å². The largest absolute Gasteiger partial charge is 0.352 e. The number of nitrogens with one attached hydrogen (secondary N) is 2. The van der Waals surface area contributed by atoms with Gasteiger partial charge in [-0.05, 0) is 42.8 Å². The van der Waals surface area contributed by atoms with Crippen molar-refractivity contribution in [1.29, 1.82) is 0 Å². The minimum atomic E-state index is -0.0706. The van der Waals surface area contributed by atoms with Crippen LogP contribution in [0, 0.1) is 0 Å². The number of carbonyl (C=O) groups is 1. The lowest BCUT2D eigenvalue weighted by Crippen LogP contribution is -2.24. The molecule has 0 fully saturated rings. The van der Waals surface area contributed by atoms with Crippen molar-refractivity contribution in [3.63, 3.8) is 0 Å². The Hall–Kier alpha value is -1.88. The number of benzene rings is 1. The zero-order chi connectivity index (χ0) is 15.8. The summed E-state index contributed by atoms with van der Waals surface area (Å²) in [4.78, 5) is 16.2. The van der Waals surface area contributed by atoms with Gasteiger partial charge in [-0.25, -0.2) is 4.98 Å². The van der Waals surface area contributed by atoms with E-state index in [4.69, 9.17) is 0 Å². The highest BCUT2D eigenvalue weighted by Gasteiger charge is 2.05. The van der Waals surface area contributed by atoms with Gasteiger partial charge in [0.15, 0.2) is 0 Å². The molecule has 0 radical (unpaired) electrons. The Bertz CT molecular complexity index is 596. The molecule has 0 aliphatic heterocycles. The van der Waals surface area contributed by atoms with Crippen molar-refractivity contribution in [2.75, 3.05) is 11.9 Å². The van der Waals surface area contributed by atoms with E-state index in [0.717, 1.165) is 29.4 Å². The van der Waals surface area contributed by atoms with Gasteiger partial charge in [0.05, 0.1) is 5.56 Å². The van der Waals surface area contributed by atoms with Crippen molar-refractivity contribution in [1.82, 2.24) is 10.3 Å². The van der Waals surface area contributed by atoms with Crippen LogP contribution in [0.5, 0.6) is 0 Å². The second-order valence-electron chi connectivity index (χ2n) is 5.03. The number of halogens is 1. The molecule has 0 spiro atoms. The van der Waals surface area contributed by atoms with Crippen LogP contribution in [0.25, 0.3) is 0 Å². The molecule has 4 nitrogen and oxygen atoms in total. The highest BCUT2D eigenvalue weighted by atomic mass is 79.9. The average molecular weight is 362 g/mol. The number of pyridine rings is 1. The topological polar surface area (TPSA) is 54.0 Å². The number of anilines is 2. The van der Waals surface area contributed by atoms with Gasteiger partial charge in [0.25, 0.3) is 5.91 Å². The summed E-state index contributed by atoms with van der Waals surface area (Å²) in [6.07, 6.45) is 4.89.